The molecular formula is C14H18BrN5O. The summed E-state index contributed by atoms with van der Waals surface area (Å²) in [7, 11) is 5.49. The van der Waals surface area contributed by atoms with Gasteiger partial charge in [-0.1, -0.05) is 15.9 Å². The van der Waals surface area contributed by atoms with Gasteiger partial charge in [0.1, 0.15) is 5.75 Å². The van der Waals surface area contributed by atoms with Gasteiger partial charge >= 0.3 is 6.01 Å². The number of nitrogens with one attached hydrogen (secondary N) is 1. The van der Waals surface area contributed by atoms with E-state index in [9.17, 15) is 0 Å². The summed E-state index contributed by atoms with van der Waals surface area (Å²) in [4.78, 5) is 14.6. The van der Waals surface area contributed by atoms with Gasteiger partial charge in [-0.05, 0) is 37.1 Å². The molecule has 0 fully saturated rings. The Balaban J connectivity index is 2.37. The van der Waals surface area contributed by atoms with E-state index in [1.807, 2.05) is 40.1 Å². The van der Waals surface area contributed by atoms with Gasteiger partial charge in [-0.15, -0.1) is 0 Å². The predicted molar refractivity (Wildman–Crippen MR) is 87.4 cm³/mol. The highest BCUT2D eigenvalue weighted by atomic mass is 79.9. The van der Waals surface area contributed by atoms with Gasteiger partial charge in [0, 0.05) is 25.6 Å². The fraction of sp³-hybridized carbons (Fsp3) is 0.357. The van der Waals surface area contributed by atoms with Crippen LogP contribution in [0, 0.1) is 13.8 Å². The fourth-order valence-corrected chi connectivity index (χ4v) is 2.00. The fourth-order valence-electron chi connectivity index (χ4n) is 1.77. The first kappa shape index (κ1) is 15.5. The molecule has 2 aromatic rings. The minimum Gasteiger partial charge on any atom is -0.424 e. The molecule has 0 aliphatic heterocycles. The van der Waals surface area contributed by atoms with Gasteiger partial charge in [0.25, 0.3) is 0 Å². The molecule has 1 heterocycles. The van der Waals surface area contributed by atoms with Gasteiger partial charge in [0.15, 0.2) is 0 Å². The molecule has 0 saturated heterocycles. The van der Waals surface area contributed by atoms with Crippen LogP contribution in [0.25, 0.3) is 0 Å². The van der Waals surface area contributed by atoms with Crippen LogP contribution in [-0.2, 0) is 0 Å². The number of aromatic nitrogens is 3. The van der Waals surface area contributed by atoms with E-state index in [0.29, 0.717) is 17.6 Å². The molecule has 1 aromatic carbocycles. The van der Waals surface area contributed by atoms with E-state index >= 15 is 0 Å². The molecule has 0 saturated carbocycles. The monoisotopic (exact) mass is 351 g/mol. The average molecular weight is 352 g/mol. The Bertz CT molecular complexity index is 637. The molecule has 0 amide bonds. The summed E-state index contributed by atoms with van der Waals surface area (Å²) in [6, 6.07) is 4.14. The SMILES string of the molecule is CNc1nc(Oc2cc(C)c(Br)c(C)c2)nc(N(C)C)n1. The van der Waals surface area contributed by atoms with Crippen molar-refractivity contribution in [2.75, 3.05) is 31.4 Å². The largest absolute Gasteiger partial charge is 0.424 e. The van der Waals surface area contributed by atoms with Crippen LogP contribution in [0.5, 0.6) is 11.8 Å². The van der Waals surface area contributed by atoms with Crippen molar-refractivity contribution < 1.29 is 4.74 Å². The molecule has 1 N–H and O–H groups in total. The van der Waals surface area contributed by atoms with Crippen molar-refractivity contribution in [2.24, 2.45) is 0 Å². The zero-order valence-corrected chi connectivity index (χ0v) is 14.3. The maximum absolute atomic E-state index is 5.78. The van der Waals surface area contributed by atoms with E-state index in [-0.39, 0.29) is 6.01 Å². The van der Waals surface area contributed by atoms with Crippen LogP contribution in [0.1, 0.15) is 11.1 Å². The minimum atomic E-state index is 0.263. The summed E-state index contributed by atoms with van der Waals surface area (Å²) >= 11 is 3.54. The Kier molecular flexibility index (Phi) is 4.62. The molecule has 7 heteroatoms. The zero-order chi connectivity index (χ0) is 15.6. The van der Waals surface area contributed by atoms with Crippen LogP contribution in [0.15, 0.2) is 16.6 Å². The topological polar surface area (TPSA) is 63.2 Å². The van der Waals surface area contributed by atoms with Crippen molar-refractivity contribution in [3.63, 3.8) is 0 Å². The first-order chi connectivity index (χ1) is 9.90. The minimum absolute atomic E-state index is 0.263. The Morgan fingerprint density at radius 1 is 1.10 bits per heavy atom. The van der Waals surface area contributed by atoms with Gasteiger partial charge in [-0.25, -0.2) is 0 Å². The molecule has 0 unspecified atom stereocenters. The second-order valence-electron chi connectivity index (χ2n) is 4.86. The molecule has 0 aliphatic rings. The number of ether oxygens (including phenoxy) is 1. The molecule has 6 nitrogen and oxygen atoms in total. The Labute approximate surface area is 132 Å². The maximum Gasteiger partial charge on any atom is 0.328 e. The lowest BCUT2D eigenvalue weighted by Gasteiger charge is -2.13. The maximum atomic E-state index is 5.78. The second kappa shape index (κ2) is 6.26. The molecule has 0 bridgehead atoms. The normalized spacial score (nSPS) is 10.4. The number of hydrogen-bond donors (Lipinski definition) is 1. The number of rotatable bonds is 4. The lowest BCUT2D eigenvalue weighted by molar-refractivity contribution is 0.440. The van der Waals surface area contributed by atoms with Gasteiger partial charge in [-0.3, -0.25) is 0 Å². The van der Waals surface area contributed by atoms with Crippen molar-refractivity contribution in [1.82, 2.24) is 15.0 Å². The van der Waals surface area contributed by atoms with Crippen molar-refractivity contribution in [2.45, 2.75) is 13.8 Å². The number of hydrogen-bond acceptors (Lipinski definition) is 6. The summed E-state index contributed by atoms with van der Waals surface area (Å²) in [5.41, 5.74) is 2.20. The van der Waals surface area contributed by atoms with Crippen LogP contribution in [-0.4, -0.2) is 36.1 Å². The van der Waals surface area contributed by atoms with Crippen LogP contribution in [0.3, 0.4) is 0 Å². The Morgan fingerprint density at radius 2 is 1.71 bits per heavy atom. The molecule has 112 valence electrons. The van der Waals surface area contributed by atoms with E-state index in [2.05, 4.69) is 36.2 Å². The first-order valence-corrected chi connectivity index (χ1v) is 7.25. The number of benzene rings is 1. The molecule has 21 heavy (non-hydrogen) atoms. The molecule has 2 rings (SSSR count). The Morgan fingerprint density at radius 3 is 2.24 bits per heavy atom. The molecule has 0 atom stereocenters. The predicted octanol–water partition coefficient (Wildman–Crippen LogP) is 3.15. The van der Waals surface area contributed by atoms with Gasteiger partial charge < -0.3 is 15.0 Å². The van der Waals surface area contributed by atoms with Crippen LogP contribution < -0.4 is 15.0 Å². The van der Waals surface area contributed by atoms with Crippen molar-refractivity contribution in [3.05, 3.63) is 27.7 Å². The van der Waals surface area contributed by atoms with Crippen molar-refractivity contribution in [3.8, 4) is 11.8 Å². The summed E-state index contributed by atoms with van der Waals surface area (Å²) in [6.07, 6.45) is 0. The molecule has 0 aliphatic carbocycles. The average Bonchev–Trinajstić information content (AvgIpc) is 2.44. The standard InChI is InChI=1S/C14H18BrN5O/c1-8-6-10(7-9(2)11(8)15)21-14-18-12(16-3)17-13(19-14)20(4)5/h6-7H,1-5H3,(H,16,17,18,19). The first-order valence-electron chi connectivity index (χ1n) is 6.46. The van der Waals surface area contributed by atoms with Gasteiger partial charge in [-0.2, -0.15) is 15.0 Å². The number of anilines is 2. The number of nitrogens with zero attached hydrogens (tertiary/aromatic N) is 4. The summed E-state index contributed by atoms with van der Waals surface area (Å²) in [5.74, 6) is 1.70. The summed E-state index contributed by atoms with van der Waals surface area (Å²) < 4.78 is 6.86. The van der Waals surface area contributed by atoms with Crippen LogP contribution >= 0.6 is 15.9 Å². The van der Waals surface area contributed by atoms with Gasteiger partial charge in [0.05, 0.1) is 0 Å². The van der Waals surface area contributed by atoms with Gasteiger partial charge in [0.2, 0.25) is 11.9 Å². The highest BCUT2D eigenvalue weighted by Gasteiger charge is 2.10. The molecule has 0 spiro atoms. The quantitative estimate of drug-likeness (QED) is 0.912. The van der Waals surface area contributed by atoms with E-state index in [0.717, 1.165) is 15.6 Å². The van der Waals surface area contributed by atoms with E-state index in [4.69, 9.17) is 4.74 Å². The van der Waals surface area contributed by atoms with E-state index in [1.165, 1.54) is 0 Å². The smallest absolute Gasteiger partial charge is 0.328 e. The van der Waals surface area contributed by atoms with Crippen molar-refractivity contribution in [1.29, 1.82) is 0 Å². The lowest BCUT2D eigenvalue weighted by Crippen LogP contribution is -2.15. The van der Waals surface area contributed by atoms with E-state index in [1.54, 1.807) is 11.9 Å². The molecular weight excluding hydrogens is 334 g/mol. The second-order valence-corrected chi connectivity index (χ2v) is 5.65. The third kappa shape index (κ3) is 3.60. The van der Waals surface area contributed by atoms with Crippen LogP contribution in [0.4, 0.5) is 11.9 Å². The number of halogens is 1. The third-order valence-corrected chi connectivity index (χ3v) is 4.10. The lowest BCUT2D eigenvalue weighted by atomic mass is 10.1. The summed E-state index contributed by atoms with van der Waals surface area (Å²) in [5, 5.41) is 2.90. The highest BCUT2D eigenvalue weighted by Crippen LogP contribution is 2.28. The molecule has 0 radical (unpaired) electrons. The van der Waals surface area contributed by atoms with Crippen LogP contribution in [0.2, 0.25) is 0 Å². The molecule has 1 aromatic heterocycles. The van der Waals surface area contributed by atoms with E-state index < -0.39 is 0 Å². The third-order valence-electron chi connectivity index (χ3n) is 2.85. The summed E-state index contributed by atoms with van der Waals surface area (Å²) in [6.45, 7) is 4.03. The zero-order valence-electron chi connectivity index (χ0n) is 12.7. The number of aryl methyl sites for hydroxylation is 2. The Hall–Kier alpha value is -1.89. The van der Waals surface area contributed by atoms with Crippen molar-refractivity contribution >= 4 is 27.8 Å². The highest BCUT2D eigenvalue weighted by molar-refractivity contribution is 9.10.